The standard InChI is InChI=1S/C15H15N3S/c16-14-4-1-3-12(9-14)13-10-17-18(11-13)7-6-15-5-2-8-19-15/h1-5,8-11H,6-7,16H2. The zero-order valence-corrected chi connectivity index (χ0v) is 11.3. The van der Waals surface area contributed by atoms with Crippen molar-refractivity contribution < 1.29 is 0 Å². The SMILES string of the molecule is Nc1cccc(-c2cnn(CCc3cccs3)c2)c1. The molecule has 0 radical (unpaired) electrons. The Labute approximate surface area is 116 Å². The number of aryl methyl sites for hydroxylation is 2. The fourth-order valence-corrected chi connectivity index (χ4v) is 2.73. The molecule has 0 atom stereocenters. The van der Waals surface area contributed by atoms with Crippen LogP contribution in [0.4, 0.5) is 5.69 Å². The molecule has 96 valence electrons. The Morgan fingerprint density at radius 3 is 2.89 bits per heavy atom. The van der Waals surface area contributed by atoms with Gasteiger partial charge in [-0.25, -0.2) is 0 Å². The molecule has 3 nitrogen and oxygen atoms in total. The lowest BCUT2D eigenvalue weighted by Crippen LogP contribution is -2.00. The summed E-state index contributed by atoms with van der Waals surface area (Å²) in [6.07, 6.45) is 4.99. The molecule has 1 aromatic carbocycles. The van der Waals surface area contributed by atoms with Crippen LogP contribution in [-0.2, 0) is 13.0 Å². The maximum Gasteiger partial charge on any atom is 0.0568 e. The molecule has 3 aromatic rings. The summed E-state index contributed by atoms with van der Waals surface area (Å²) in [7, 11) is 0. The number of thiophene rings is 1. The number of anilines is 1. The fraction of sp³-hybridized carbons (Fsp3) is 0.133. The number of nitrogens with zero attached hydrogens (tertiary/aromatic N) is 2. The van der Waals surface area contributed by atoms with Crippen LogP contribution in [0.2, 0.25) is 0 Å². The van der Waals surface area contributed by atoms with Crippen LogP contribution in [0.1, 0.15) is 4.88 Å². The Balaban J connectivity index is 1.72. The van der Waals surface area contributed by atoms with Crippen LogP contribution in [0.25, 0.3) is 11.1 Å². The second-order valence-corrected chi connectivity index (χ2v) is 5.48. The molecule has 3 rings (SSSR count). The first-order chi connectivity index (χ1) is 9.31. The maximum absolute atomic E-state index is 5.80. The fourth-order valence-electron chi connectivity index (χ4n) is 2.03. The van der Waals surface area contributed by atoms with Gasteiger partial charge in [-0.05, 0) is 29.1 Å². The maximum atomic E-state index is 5.80. The Morgan fingerprint density at radius 1 is 1.16 bits per heavy atom. The molecule has 0 aliphatic rings. The molecule has 2 aromatic heterocycles. The zero-order valence-electron chi connectivity index (χ0n) is 10.5. The summed E-state index contributed by atoms with van der Waals surface area (Å²) in [5, 5.41) is 6.51. The molecule has 4 heteroatoms. The van der Waals surface area contributed by atoms with Crippen molar-refractivity contribution in [1.29, 1.82) is 0 Å². The van der Waals surface area contributed by atoms with Gasteiger partial charge in [0.1, 0.15) is 0 Å². The summed E-state index contributed by atoms with van der Waals surface area (Å²) in [4.78, 5) is 1.39. The normalized spacial score (nSPS) is 10.7. The van der Waals surface area contributed by atoms with Crippen LogP contribution in [0, 0.1) is 0 Å². The van der Waals surface area contributed by atoms with E-state index in [1.165, 1.54) is 4.88 Å². The molecular formula is C15H15N3S. The van der Waals surface area contributed by atoms with Gasteiger partial charge in [-0.3, -0.25) is 4.68 Å². The second kappa shape index (κ2) is 5.28. The number of hydrogen-bond donors (Lipinski definition) is 1. The lowest BCUT2D eigenvalue weighted by Gasteiger charge is -2.00. The smallest absolute Gasteiger partial charge is 0.0568 e. The first kappa shape index (κ1) is 12.0. The van der Waals surface area contributed by atoms with Crippen molar-refractivity contribution in [3.63, 3.8) is 0 Å². The first-order valence-corrected chi connectivity index (χ1v) is 7.10. The van der Waals surface area contributed by atoms with E-state index in [1.807, 2.05) is 29.1 Å². The third kappa shape index (κ3) is 2.85. The Hall–Kier alpha value is -2.07. The summed E-state index contributed by atoms with van der Waals surface area (Å²) in [6, 6.07) is 12.1. The van der Waals surface area contributed by atoms with Gasteiger partial charge in [0.15, 0.2) is 0 Å². The van der Waals surface area contributed by atoms with Gasteiger partial charge in [-0.1, -0.05) is 18.2 Å². The van der Waals surface area contributed by atoms with Crippen LogP contribution >= 0.6 is 11.3 Å². The third-order valence-corrected chi connectivity index (χ3v) is 3.96. The number of benzene rings is 1. The van der Waals surface area contributed by atoms with Crippen LogP contribution in [0.3, 0.4) is 0 Å². The second-order valence-electron chi connectivity index (χ2n) is 4.45. The van der Waals surface area contributed by atoms with Crippen molar-refractivity contribution in [2.75, 3.05) is 5.73 Å². The molecule has 0 aliphatic carbocycles. The average molecular weight is 269 g/mol. The Bertz CT molecular complexity index is 656. The molecule has 0 amide bonds. The number of nitrogens with two attached hydrogens (primary N) is 1. The molecule has 2 heterocycles. The minimum atomic E-state index is 0.781. The Kier molecular flexibility index (Phi) is 3.33. The summed E-state index contributed by atoms with van der Waals surface area (Å²) in [6.45, 7) is 0.906. The van der Waals surface area contributed by atoms with Crippen LogP contribution in [0.15, 0.2) is 54.2 Å². The molecule has 0 unspecified atom stereocenters. The molecule has 2 N–H and O–H groups in total. The van der Waals surface area contributed by atoms with Crippen LogP contribution in [0.5, 0.6) is 0 Å². The van der Waals surface area contributed by atoms with E-state index in [2.05, 4.69) is 34.9 Å². The van der Waals surface area contributed by atoms with E-state index >= 15 is 0 Å². The highest BCUT2D eigenvalue weighted by molar-refractivity contribution is 7.09. The topological polar surface area (TPSA) is 43.8 Å². The quantitative estimate of drug-likeness (QED) is 0.737. The van der Waals surface area contributed by atoms with Gasteiger partial charge >= 0.3 is 0 Å². The minimum Gasteiger partial charge on any atom is -0.399 e. The van der Waals surface area contributed by atoms with E-state index in [0.717, 1.165) is 29.8 Å². The molecule has 0 fully saturated rings. The van der Waals surface area contributed by atoms with E-state index in [0.29, 0.717) is 0 Å². The molecule has 0 spiro atoms. The third-order valence-electron chi connectivity index (χ3n) is 3.02. The van der Waals surface area contributed by atoms with Gasteiger partial charge in [0.2, 0.25) is 0 Å². The lowest BCUT2D eigenvalue weighted by atomic mass is 10.1. The molecule has 0 saturated heterocycles. The average Bonchev–Trinajstić information content (AvgIpc) is 3.08. The van der Waals surface area contributed by atoms with Gasteiger partial charge in [-0.2, -0.15) is 5.10 Å². The number of nitrogen functional groups attached to an aromatic ring is 1. The minimum absolute atomic E-state index is 0.781. The largest absolute Gasteiger partial charge is 0.399 e. The highest BCUT2D eigenvalue weighted by Crippen LogP contribution is 2.20. The van der Waals surface area contributed by atoms with Crippen molar-refractivity contribution in [3.8, 4) is 11.1 Å². The van der Waals surface area contributed by atoms with Gasteiger partial charge in [0.05, 0.1) is 6.20 Å². The van der Waals surface area contributed by atoms with Gasteiger partial charge in [-0.15, -0.1) is 11.3 Å². The molecular weight excluding hydrogens is 254 g/mol. The molecule has 19 heavy (non-hydrogen) atoms. The van der Waals surface area contributed by atoms with Crippen LogP contribution in [-0.4, -0.2) is 9.78 Å². The summed E-state index contributed by atoms with van der Waals surface area (Å²) >= 11 is 1.79. The van der Waals surface area contributed by atoms with E-state index in [4.69, 9.17) is 5.73 Å². The van der Waals surface area contributed by atoms with Gasteiger partial charge in [0, 0.05) is 35.3 Å². The van der Waals surface area contributed by atoms with E-state index in [9.17, 15) is 0 Å². The highest BCUT2D eigenvalue weighted by atomic mass is 32.1. The monoisotopic (exact) mass is 269 g/mol. The van der Waals surface area contributed by atoms with Crippen molar-refractivity contribution in [1.82, 2.24) is 9.78 Å². The van der Waals surface area contributed by atoms with Crippen molar-refractivity contribution >= 4 is 17.0 Å². The van der Waals surface area contributed by atoms with E-state index in [1.54, 1.807) is 11.3 Å². The zero-order chi connectivity index (χ0) is 13.1. The van der Waals surface area contributed by atoms with E-state index < -0.39 is 0 Å². The number of rotatable bonds is 4. The summed E-state index contributed by atoms with van der Waals surface area (Å²) < 4.78 is 1.98. The molecule has 0 saturated carbocycles. The lowest BCUT2D eigenvalue weighted by molar-refractivity contribution is 0.618. The van der Waals surface area contributed by atoms with Gasteiger partial charge < -0.3 is 5.73 Å². The van der Waals surface area contributed by atoms with Crippen molar-refractivity contribution in [2.24, 2.45) is 0 Å². The van der Waals surface area contributed by atoms with Gasteiger partial charge in [0.25, 0.3) is 0 Å². The summed E-state index contributed by atoms with van der Waals surface area (Å²) in [5.74, 6) is 0. The van der Waals surface area contributed by atoms with Crippen molar-refractivity contribution in [3.05, 3.63) is 59.0 Å². The summed E-state index contributed by atoms with van der Waals surface area (Å²) in [5.41, 5.74) is 8.80. The molecule has 0 aliphatic heterocycles. The van der Waals surface area contributed by atoms with E-state index in [-0.39, 0.29) is 0 Å². The Morgan fingerprint density at radius 2 is 2.11 bits per heavy atom. The van der Waals surface area contributed by atoms with Crippen molar-refractivity contribution in [2.45, 2.75) is 13.0 Å². The van der Waals surface area contributed by atoms with Crippen LogP contribution < -0.4 is 5.73 Å². The predicted octanol–water partition coefficient (Wildman–Crippen LogP) is 3.44. The predicted molar refractivity (Wildman–Crippen MR) is 80.1 cm³/mol. The molecule has 0 bridgehead atoms. The number of hydrogen-bond acceptors (Lipinski definition) is 3. The number of aromatic nitrogens is 2. The highest BCUT2D eigenvalue weighted by Gasteiger charge is 2.02. The first-order valence-electron chi connectivity index (χ1n) is 6.22.